The lowest BCUT2D eigenvalue weighted by Gasteiger charge is -2.26. The maximum atomic E-state index is 13.3. The smallest absolute Gasteiger partial charge is 0.123 e. The number of rotatable bonds is 2. The third-order valence-electron chi connectivity index (χ3n) is 3.54. The molecule has 18 heavy (non-hydrogen) atoms. The van der Waals surface area contributed by atoms with Gasteiger partial charge >= 0.3 is 0 Å². The molecule has 0 unspecified atom stereocenters. The molecule has 1 aliphatic heterocycles. The van der Waals surface area contributed by atoms with E-state index < -0.39 is 0 Å². The first-order valence-electron chi connectivity index (χ1n) is 6.56. The quantitative estimate of drug-likeness (QED) is 0.872. The SMILES string of the molecule is C[C@H](N)c1cc(F)ccc1N1CCCN(C)CC1. The fourth-order valence-corrected chi connectivity index (χ4v) is 2.47. The monoisotopic (exact) mass is 251 g/mol. The van der Waals surface area contributed by atoms with Gasteiger partial charge in [-0.2, -0.15) is 0 Å². The third-order valence-corrected chi connectivity index (χ3v) is 3.54. The highest BCUT2D eigenvalue weighted by atomic mass is 19.1. The van der Waals surface area contributed by atoms with Crippen LogP contribution in [0, 0.1) is 5.82 Å². The summed E-state index contributed by atoms with van der Waals surface area (Å²) in [5, 5.41) is 0. The Morgan fingerprint density at radius 3 is 2.72 bits per heavy atom. The lowest BCUT2D eigenvalue weighted by molar-refractivity contribution is 0.360. The van der Waals surface area contributed by atoms with Gasteiger partial charge in [-0.15, -0.1) is 0 Å². The molecule has 1 aliphatic rings. The normalized spacial score (nSPS) is 19.7. The number of halogens is 1. The van der Waals surface area contributed by atoms with E-state index in [4.69, 9.17) is 5.73 Å². The van der Waals surface area contributed by atoms with Gasteiger partial charge in [-0.25, -0.2) is 4.39 Å². The van der Waals surface area contributed by atoms with Crippen LogP contribution in [0.15, 0.2) is 18.2 Å². The maximum Gasteiger partial charge on any atom is 0.123 e. The number of anilines is 1. The molecule has 1 saturated heterocycles. The first-order valence-corrected chi connectivity index (χ1v) is 6.56. The van der Waals surface area contributed by atoms with Gasteiger partial charge < -0.3 is 15.5 Å². The van der Waals surface area contributed by atoms with Gasteiger partial charge in [-0.3, -0.25) is 0 Å². The predicted molar refractivity (Wildman–Crippen MR) is 73.3 cm³/mol. The number of hydrogen-bond donors (Lipinski definition) is 1. The van der Waals surface area contributed by atoms with Crippen LogP contribution in [0.5, 0.6) is 0 Å². The summed E-state index contributed by atoms with van der Waals surface area (Å²) >= 11 is 0. The first kappa shape index (κ1) is 13.3. The van der Waals surface area contributed by atoms with Gasteiger partial charge in [0.15, 0.2) is 0 Å². The molecule has 1 aromatic carbocycles. The van der Waals surface area contributed by atoms with Gasteiger partial charge in [0.05, 0.1) is 0 Å². The molecule has 0 aliphatic carbocycles. The van der Waals surface area contributed by atoms with E-state index in [2.05, 4.69) is 16.8 Å². The standard InChI is InChI=1S/C14H22FN3/c1-11(16)13-10-12(15)4-5-14(13)18-7-3-6-17(2)8-9-18/h4-5,10-11H,3,6-9,16H2,1-2H3/t11-/m0/s1. The minimum atomic E-state index is -0.210. The van der Waals surface area contributed by atoms with Crippen molar-refractivity contribution in [1.29, 1.82) is 0 Å². The largest absolute Gasteiger partial charge is 0.370 e. The second kappa shape index (κ2) is 5.67. The van der Waals surface area contributed by atoms with E-state index in [0.29, 0.717) is 0 Å². The molecule has 3 nitrogen and oxygen atoms in total. The van der Waals surface area contributed by atoms with Gasteiger partial charge in [0.2, 0.25) is 0 Å². The van der Waals surface area contributed by atoms with Crippen molar-refractivity contribution in [3.63, 3.8) is 0 Å². The van der Waals surface area contributed by atoms with E-state index in [-0.39, 0.29) is 11.9 Å². The van der Waals surface area contributed by atoms with Crippen LogP contribution >= 0.6 is 0 Å². The Morgan fingerprint density at radius 1 is 1.22 bits per heavy atom. The molecule has 0 bridgehead atoms. The van der Waals surface area contributed by atoms with E-state index >= 15 is 0 Å². The summed E-state index contributed by atoms with van der Waals surface area (Å²) in [4.78, 5) is 4.65. The fraction of sp³-hybridized carbons (Fsp3) is 0.571. The molecule has 2 rings (SSSR count). The molecule has 4 heteroatoms. The Kier molecular flexibility index (Phi) is 4.19. The second-order valence-electron chi connectivity index (χ2n) is 5.14. The van der Waals surface area contributed by atoms with Crippen molar-refractivity contribution in [1.82, 2.24) is 4.90 Å². The summed E-state index contributed by atoms with van der Waals surface area (Å²) in [6, 6.07) is 4.81. The molecule has 0 spiro atoms. The number of nitrogens with zero attached hydrogens (tertiary/aromatic N) is 2. The van der Waals surface area contributed by atoms with Crippen LogP contribution in [0.3, 0.4) is 0 Å². The van der Waals surface area contributed by atoms with Crippen molar-refractivity contribution in [2.24, 2.45) is 5.73 Å². The molecule has 0 aromatic heterocycles. The van der Waals surface area contributed by atoms with Crippen LogP contribution in [-0.4, -0.2) is 38.1 Å². The lowest BCUT2D eigenvalue weighted by atomic mass is 10.1. The van der Waals surface area contributed by atoms with Gasteiger partial charge in [-0.05, 0) is 50.7 Å². The van der Waals surface area contributed by atoms with E-state index in [9.17, 15) is 4.39 Å². The minimum absolute atomic E-state index is 0.142. The summed E-state index contributed by atoms with van der Waals surface area (Å²) < 4.78 is 13.3. The number of likely N-dealkylation sites (N-methyl/N-ethyl adjacent to an activating group) is 1. The molecule has 1 heterocycles. The minimum Gasteiger partial charge on any atom is -0.370 e. The van der Waals surface area contributed by atoms with Crippen LogP contribution < -0.4 is 10.6 Å². The van der Waals surface area contributed by atoms with E-state index in [0.717, 1.165) is 43.9 Å². The molecule has 1 fully saturated rings. The highest BCUT2D eigenvalue weighted by Gasteiger charge is 2.17. The number of benzene rings is 1. The van der Waals surface area contributed by atoms with Crippen LogP contribution in [0.1, 0.15) is 24.9 Å². The fourth-order valence-electron chi connectivity index (χ4n) is 2.47. The molecule has 100 valence electrons. The molecular weight excluding hydrogens is 229 g/mol. The summed E-state index contributed by atoms with van der Waals surface area (Å²) in [6.45, 7) is 6.04. The summed E-state index contributed by atoms with van der Waals surface area (Å²) in [5.41, 5.74) is 7.94. The van der Waals surface area contributed by atoms with Crippen molar-refractivity contribution in [2.45, 2.75) is 19.4 Å². The molecule has 1 aromatic rings. The van der Waals surface area contributed by atoms with Crippen LogP contribution in [-0.2, 0) is 0 Å². The molecule has 2 N–H and O–H groups in total. The average Bonchev–Trinajstić information content (AvgIpc) is 2.54. The highest BCUT2D eigenvalue weighted by Crippen LogP contribution is 2.27. The van der Waals surface area contributed by atoms with Crippen molar-refractivity contribution in [3.8, 4) is 0 Å². The molecular formula is C14H22FN3. The second-order valence-corrected chi connectivity index (χ2v) is 5.14. The number of hydrogen-bond acceptors (Lipinski definition) is 3. The third kappa shape index (κ3) is 3.00. The van der Waals surface area contributed by atoms with Crippen molar-refractivity contribution < 1.29 is 4.39 Å². The van der Waals surface area contributed by atoms with E-state index in [1.54, 1.807) is 6.07 Å². The molecule has 0 radical (unpaired) electrons. The lowest BCUT2D eigenvalue weighted by Crippen LogP contribution is -2.30. The van der Waals surface area contributed by atoms with E-state index in [1.165, 1.54) is 6.07 Å². The van der Waals surface area contributed by atoms with Crippen LogP contribution in [0.4, 0.5) is 10.1 Å². The van der Waals surface area contributed by atoms with Crippen LogP contribution in [0.25, 0.3) is 0 Å². The summed E-state index contributed by atoms with van der Waals surface area (Å²) in [5.74, 6) is -0.210. The Balaban J connectivity index is 2.26. The zero-order valence-electron chi connectivity index (χ0n) is 11.2. The molecule has 1 atom stereocenters. The van der Waals surface area contributed by atoms with Crippen molar-refractivity contribution in [2.75, 3.05) is 38.1 Å². The number of nitrogens with two attached hydrogens (primary N) is 1. The van der Waals surface area contributed by atoms with Gasteiger partial charge in [0.25, 0.3) is 0 Å². The van der Waals surface area contributed by atoms with Crippen molar-refractivity contribution in [3.05, 3.63) is 29.6 Å². The Labute approximate surface area is 108 Å². The molecule has 0 saturated carbocycles. The van der Waals surface area contributed by atoms with Gasteiger partial charge in [0, 0.05) is 31.4 Å². The Bertz CT molecular complexity index is 406. The van der Waals surface area contributed by atoms with Crippen molar-refractivity contribution >= 4 is 5.69 Å². The zero-order valence-corrected chi connectivity index (χ0v) is 11.2. The zero-order chi connectivity index (χ0) is 13.1. The van der Waals surface area contributed by atoms with Gasteiger partial charge in [-0.1, -0.05) is 0 Å². The maximum absolute atomic E-state index is 13.3. The summed E-state index contributed by atoms with van der Waals surface area (Å²) in [7, 11) is 2.14. The Morgan fingerprint density at radius 2 is 2.00 bits per heavy atom. The molecule has 0 amide bonds. The Hall–Kier alpha value is -1.13. The van der Waals surface area contributed by atoms with E-state index in [1.807, 2.05) is 13.0 Å². The average molecular weight is 251 g/mol. The first-order chi connectivity index (χ1) is 8.58. The van der Waals surface area contributed by atoms with Crippen LogP contribution in [0.2, 0.25) is 0 Å². The highest BCUT2D eigenvalue weighted by molar-refractivity contribution is 5.55. The summed E-state index contributed by atoms with van der Waals surface area (Å²) in [6.07, 6.45) is 1.13. The predicted octanol–water partition coefficient (Wildman–Crippen LogP) is 1.99. The van der Waals surface area contributed by atoms with Gasteiger partial charge in [0.1, 0.15) is 5.82 Å². The topological polar surface area (TPSA) is 32.5 Å².